The van der Waals surface area contributed by atoms with E-state index < -0.39 is 0 Å². The van der Waals surface area contributed by atoms with E-state index in [0.29, 0.717) is 23.4 Å². The lowest BCUT2D eigenvalue weighted by Gasteiger charge is -2.64. The average molecular weight is 236 g/mol. The van der Waals surface area contributed by atoms with Gasteiger partial charge in [-0.3, -0.25) is 0 Å². The van der Waals surface area contributed by atoms with Crippen molar-refractivity contribution in [3.8, 4) is 0 Å². The van der Waals surface area contributed by atoms with Gasteiger partial charge in [0.2, 0.25) is 0 Å². The fourth-order valence-electron chi connectivity index (χ4n) is 4.44. The van der Waals surface area contributed by atoms with Gasteiger partial charge in [-0.2, -0.15) is 0 Å². The predicted molar refractivity (Wildman–Crippen MR) is 69.8 cm³/mol. The Morgan fingerprint density at radius 1 is 1.24 bits per heavy atom. The van der Waals surface area contributed by atoms with E-state index in [0.717, 1.165) is 12.2 Å². The average Bonchev–Trinajstić information content (AvgIpc) is 2.51. The highest BCUT2D eigenvalue weighted by Gasteiger charge is 2.67. The SMILES string of the molecule is CC(C)CB1O[C@@H]2C[C@@H]3CC(C3(C)C)[C@]2(C)O1. The summed E-state index contributed by atoms with van der Waals surface area (Å²) in [5.41, 5.74) is 0.444. The predicted octanol–water partition coefficient (Wildman–Crippen LogP) is 3.37. The monoisotopic (exact) mass is 236 g/mol. The lowest BCUT2D eigenvalue weighted by atomic mass is 9.43. The summed E-state index contributed by atoms with van der Waals surface area (Å²) in [6.07, 6.45) is 3.93. The Morgan fingerprint density at radius 2 is 1.94 bits per heavy atom. The Bertz CT molecular complexity index is 328. The molecule has 0 spiro atoms. The van der Waals surface area contributed by atoms with Crippen LogP contribution in [-0.4, -0.2) is 18.8 Å². The molecule has 2 bridgehead atoms. The topological polar surface area (TPSA) is 18.5 Å². The zero-order valence-corrected chi connectivity index (χ0v) is 11.8. The largest absolute Gasteiger partial charge is 0.457 e. The molecular formula is C14H25BO2. The molecular weight excluding hydrogens is 211 g/mol. The maximum atomic E-state index is 6.33. The molecule has 1 aliphatic heterocycles. The van der Waals surface area contributed by atoms with E-state index in [1.54, 1.807) is 0 Å². The van der Waals surface area contributed by atoms with E-state index in [1.807, 2.05) is 0 Å². The van der Waals surface area contributed by atoms with Gasteiger partial charge in [0, 0.05) is 0 Å². The smallest absolute Gasteiger partial charge is 0.405 e. The molecule has 1 saturated heterocycles. The van der Waals surface area contributed by atoms with Crippen molar-refractivity contribution in [3.05, 3.63) is 0 Å². The van der Waals surface area contributed by atoms with Crippen LogP contribution in [-0.2, 0) is 9.31 Å². The maximum absolute atomic E-state index is 6.33. The standard InChI is InChI=1S/C14H25BO2/c1-9(2)8-15-16-12-7-10-6-11(13(10,3)4)14(12,5)17-15/h9-12H,6-8H2,1-5H3/t10-,11?,12+,14-/m0/s1. The molecule has 0 aromatic carbocycles. The summed E-state index contributed by atoms with van der Waals surface area (Å²) in [6.45, 7) is 11.6. The molecule has 1 heterocycles. The first kappa shape index (κ1) is 12.0. The van der Waals surface area contributed by atoms with Crippen LogP contribution in [0.5, 0.6) is 0 Å². The summed E-state index contributed by atoms with van der Waals surface area (Å²) in [4.78, 5) is 0. The second kappa shape index (κ2) is 3.51. The molecule has 3 heteroatoms. The van der Waals surface area contributed by atoms with Gasteiger partial charge < -0.3 is 9.31 Å². The second-order valence-corrected chi connectivity index (χ2v) is 7.53. The van der Waals surface area contributed by atoms with Gasteiger partial charge in [-0.05, 0) is 49.3 Å². The van der Waals surface area contributed by atoms with Crippen molar-refractivity contribution >= 4 is 7.12 Å². The third-order valence-electron chi connectivity index (χ3n) is 5.67. The fraction of sp³-hybridized carbons (Fsp3) is 1.00. The van der Waals surface area contributed by atoms with Crippen molar-refractivity contribution in [2.75, 3.05) is 0 Å². The first-order valence-corrected chi connectivity index (χ1v) is 7.17. The molecule has 0 N–H and O–H groups in total. The van der Waals surface area contributed by atoms with E-state index in [9.17, 15) is 0 Å². The van der Waals surface area contributed by atoms with Crippen LogP contribution in [0, 0.1) is 23.2 Å². The normalized spacial score (nSPS) is 46.9. The van der Waals surface area contributed by atoms with E-state index >= 15 is 0 Å². The molecule has 4 aliphatic rings. The summed E-state index contributed by atoms with van der Waals surface area (Å²) in [6, 6.07) is 0. The molecule has 17 heavy (non-hydrogen) atoms. The first-order chi connectivity index (χ1) is 7.84. The van der Waals surface area contributed by atoms with Gasteiger partial charge in [0.1, 0.15) is 0 Å². The van der Waals surface area contributed by atoms with Gasteiger partial charge in [-0.1, -0.05) is 27.7 Å². The van der Waals surface area contributed by atoms with Crippen LogP contribution >= 0.6 is 0 Å². The molecule has 4 atom stereocenters. The fourth-order valence-corrected chi connectivity index (χ4v) is 4.44. The highest BCUT2D eigenvalue weighted by Crippen LogP contribution is 2.65. The minimum Gasteiger partial charge on any atom is -0.405 e. The van der Waals surface area contributed by atoms with Crippen LogP contribution < -0.4 is 0 Å². The number of hydrogen-bond acceptors (Lipinski definition) is 2. The summed E-state index contributed by atoms with van der Waals surface area (Å²) < 4.78 is 12.5. The van der Waals surface area contributed by atoms with Crippen molar-refractivity contribution in [2.24, 2.45) is 23.2 Å². The summed E-state index contributed by atoms with van der Waals surface area (Å²) >= 11 is 0. The molecule has 0 aromatic heterocycles. The zero-order valence-electron chi connectivity index (χ0n) is 11.8. The van der Waals surface area contributed by atoms with E-state index in [4.69, 9.17) is 9.31 Å². The van der Waals surface area contributed by atoms with Crippen molar-refractivity contribution in [3.63, 3.8) is 0 Å². The lowest BCUT2D eigenvalue weighted by molar-refractivity contribution is -0.199. The Labute approximate surface area is 106 Å². The van der Waals surface area contributed by atoms with Crippen LogP contribution in [0.1, 0.15) is 47.5 Å². The molecule has 96 valence electrons. The molecule has 3 saturated carbocycles. The van der Waals surface area contributed by atoms with Crippen LogP contribution in [0.3, 0.4) is 0 Å². The molecule has 2 nitrogen and oxygen atoms in total. The minimum absolute atomic E-state index is 0.0161. The zero-order chi connectivity index (χ0) is 12.4. The summed E-state index contributed by atoms with van der Waals surface area (Å²) in [5, 5.41) is 0. The van der Waals surface area contributed by atoms with Crippen LogP contribution in [0.2, 0.25) is 6.32 Å². The van der Waals surface area contributed by atoms with Gasteiger partial charge in [0.15, 0.2) is 0 Å². The molecule has 0 radical (unpaired) electrons. The third-order valence-corrected chi connectivity index (χ3v) is 5.67. The highest BCUT2D eigenvalue weighted by atomic mass is 16.7. The van der Waals surface area contributed by atoms with E-state index in [-0.39, 0.29) is 12.7 Å². The summed E-state index contributed by atoms with van der Waals surface area (Å²) in [5.74, 6) is 2.19. The lowest BCUT2D eigenvalue weighted by Crippen LogP contribution is -2.65. The molecule has 4 rings (SSSR count). The van der Waals surface area contributed by atoms with Gasteiger partial charge in [-0.15, -0.1) is 0 Å². The molecule has 1 unspecified atom stereocenters. The Balaban J connectivity index is 1.78. The maximum Gasteiger partial charge on any atom is 0.457 e. The Morgan fingerprint density at radius 3 is 2.53 bits per heavy atom. The number of hydrogen-bond donors (Lipinski definition) is 0. The Hall–Kier alpha value is -0.0151. The van der Waals surface area contributed by atoms with Gasteiger partial charge in [-0.25, -0.2) is 0 Å². The second-order valence-electron chi connectivity index (χ2n) is 7.53. The highest BCUT2D eigenvalue weighted by molar-refractivity contribution is 6.45. The van der Waals surface area contributed by atoms with Crippen LogP contribution in [0.25, 0.3) is 0 Å². The Kier molecular flexibility index (Phi) is 2.49. The van der Waals surface area contributed by atoms with E-state index in [1.165, 1.54) is 12.8 Å². The quantitative estimate of drug-likeness (QED) is 0.684. The van der Waals surface area contributed by atoms with Gasteiger partial charge in [0.25, 0.3) is 0 Å². The van der Waals surface area contributed by atoms with Crippen molar-refractivity contribution in [1.29, 1.82) is 0 Å². The third kappa shape index (κ3) is 1.54. The number of rotatable bonds is 2. The summed E-state index contributed by atoms with van der Waals surface area (Å²) in [7, 11) is 0.0418. The van der Waals surface area contributed by atoms with Crippen molar-refractivity contribution < 1.29 is 9.31 Å². The van der Waals surface area contributed by atoms with E-state index in [2.05, 4.69) is 34.6 Å². The minimum atomic E-state index is -0.0161. The van der Waals surface area contributed by atoms with Crippen LogP contribution in [0.15, 0.2) is 0 Å². The van der Waals surface area contributed by atoms with Gasteiger partial charge in [0.05, 0.1) is 11.7 Å². The molecule has 3 aliphatic carbocycles. The van der Waals surface area contributed by atoms with Crippen molar-refractivity contribution in [2.45, 2.75) is 65.5 Å². The first-order valence-electron chi connectivity index (χ1n) is 7.17. The molecule has 0 aromatic rings. The molecule has 0 amide bonds. The van der Waals surface area contributed by atoms with Gasteiger partial charge >= 0.3 is 7.12 Å². The molecule has 4 fully saturated rings. The van der Waals surface area contributed by atoms with Crippen molar-refractivity contribution in [1.82, 2.24) is 0 Å². The van der Waals surface area contributed by atoms with Crippen LogP contribution in [0.4, 0.5) is 0 Å².